The summed E-state index contributed by atoms with van der Waals surface area (Å²) in [5.74, 6) is 0.0332. The highest BCUT2D eigenvalue weighted by Crippen LogP contribution is 2.25. The van der Waals surface area contributed by atoms with E-state index in [1.54, 1.807) is 9.78 Å². The maximum atomic E-state index is 12.0. The van der Waals surface area contributed by atoms with Crippen LogP contribution in [-0.4, -0.2) is 4.57 Å². The molecule has 0 aliphatic carbocycles. The molecular weight excluding hydrogens is 256 g/mol. The van der Waals surface area contributed by atoms with E-state index in [1.807, 2.05) is 42.5 Å². The highest BCUT2D eigenvalue weighted by atomic mass is 32.1. The van der Waals surface area contributed by atoms with E-state index in [-0.39, 0.29) is 5.88 Å². The van der Waals surface area contributed by atoms with Crippen molar-refractivity contribution in [2.45, 2.75) is 0 Å². The molecule has 0 radical (unpaired) electrons. The summed E-state index contributed by atoms with van der Waals surface area (Å²) in [7, 11) is 0. The summed E-state index contributed by atoms with van der Waals surface area (Å²) in [5, 5.41) is 13.7. The van der Waals surface area contributed by atoms with Crippen molar-refractivity contribution in [1.29, 1.82) is 0 Å². The molecule has 4 rings (SSSR count). The largest absolute Gasteiger partial charge is 0.841 e. The fourth-order valence-corrected chi connectivity index (χ4v) is 3.36. The molecule has 0 bridgehead atoms. The van der Waals surface area contributed by atoms with E-state index in [4.69, 9.17) is 0 Å². The summed E-state index contributed by atoms with van der Waals surface area (Å²) in [5.41, 5.74) is 3.08. The zero-order valence-electron chi connectivity index (χ0n) is 9.98. The molecule has 0 spiro atoms. The second-order valence-electron chi connectivity index (χ2n) is 4.35. The van der Waals surface area contributed by atoms with Crippen LogP contribution in [0.1, 0.15) is 0 Å². The van der Waals surface area contributed by atoms with Gasteiger partial charge in [-0.2, -0.15) is 8.97 Å². The van der Waals surface area contributed by atoms with Crippen LogP contribution in [0.4, 0.5) is 0 Å². The summed E-state index contributed by atoms with van der Waals surface area (Å²) in [6.45, 7) is 0. The van der Waals surface area contributed by atoms with E-state index < -0.39 is 0 Å². The Morgan fingerprint density at radius 3 is 2.53 bits per heavy atom. The molecule has 0 atom stereocenters. The molecular formula is C15H10N2OS. The molecule has 0 fully saturated rings. The average Bonchev–Trinajstić information content (AvgIpc) is 2.98. The molecule has 4 heteroatoms. The first-order valence-electron chi connectivity index (χ1n) is 6.01. The lowest BCUT2D eigenvalue weighted by molar-refractivity contribution is -0.558. The van der Waals surface area contributed by atoms with Crippen molar-refractivity contribution < 1.29 is 9.51 Å². The topological polar surface area (TPSA) is 32.1 Å². The third-order valence-electron chi connectivity index (χ3n) is 3.25. The number of aromatic nitrogens is 2. The quantitative estimate of drug-likeness (QED) is 0.487. The summed E-state index contributed by atoms with van der Waals surface area (Å²) in [6, 6.07) is 18.1. The fraction of sp³-hybridized carbons (Fsp3) is 0. The van der Waals surface area contributed by atoms with Crippen molar-refractivity contribution in [3.8, 4) is 11.6 Å². The molecule has 19 heavy (non-hydrogen) atoms. The van der Waals surface area contributed by atoms with E-state index in [9.17, 15) is 5.11 Å². The van der Waals surface area contributed by atoms with Crippen molar-refractivity contribution in [2.24, 2.45) is 0 Å². The first-order chi connectivity index (χ1) is 9.36. The smallest absolute Gasteiger partial charge is 0.351 e. The van der Waals surface area contributed by atoms with Crippen LogP contribution in [0.5, 0.6) is 5.88 Å². The number of benzene rings is 2. The number of rotatable bonds is 1. The number of thiazole rings is 1. The van der Waals surface area contributed by atoms with Crippen molar-refractivity contribution in [3.63, 3.8) is 0 Å². The molecule has 3 nitrogen and oxygen atoms in total. The van der Waals surface area contributed by atoms with Crippen molar-refractivity contribution in [1.82, 2.24) is 4.57 Å². The van der Waals surface area contributed by atoms with Crippen LogP contribution in [0.2, 0.25) is 0 Å². The van der Waals surface area contributed by atoms with Gasteiger partial charge in [-0.3, -0.25) is 0 Å². The van der Waals surface area contributed by atoms with Gasteiger partial charge in [-0.25, -0.2) is 0 Å². The summed E-state index contributed by atoms with van der Waals surface area (Å²) >= 11 is 1.47. The predicted octanol–water partition coefficient (Wildman–Crippen LogP) is 2.50. The van der Waals surface area contributed by atoms with E-state index >= 15 is 0 Å². The summed E-state index contributed by atoms with van der Waals surface area (Å²) in [4.78, 5) is 0.942. The Kier molecular flexibility index (Phi) is 2.13. The number of hydrogen-bond acceptors (Lipinski definition) is 2. The zero-order valence-corrected chi connectivity index (χ0v) is 10.8. The third kappa shape index (κ3) is 1.40. The molecule has 0 unspecified atom stereocenters. The van der Waals surface area contributed by atoms with Gasteiger partial charge in [-0.05, 0) is 24.3 Å². The van der Waals surface area contributed by atoms with Gasteiger partial charge in [0.1, 0.15) is 5.69 Å². The summed E-state index contributed by atoms with van der Waals surface area (Å²) < 4.78 is 3.90. The second-order valence-corrected chi connectivity index (χ2v) is 5.19. The van der Waals surface area contributed by atoms with E-state index in [0.717, 1.165) is 21.7 Å². The number of nitrogens with zero attached hydrogens (tertiary/aromatic N) is 2. The molecule has 92 valence electrons. The van der Waals surface area contributed by atoms with Crippen LogP contribution < -0.4 is 9.51 Å². The Morgan fingerprint density at radius 1 is 0.947 bits per heavy atom. The lowest BCUT2D eigenvalue weighted by Gasteiger charge is -1.96. The van der Waals surface area contributed by atoms with Crippen LogP contribution in [0.3, 0.4) is 0 Å². The Labute approximate surface area is 113 Å². The Balaban J connectivity index is 2.24. The first kappa shape index (κ1) is 10.6. The SMILES string of the molecule is [O-]c1csc2n(-c3ccccc3)c3ccccc3[n+]12. The van der Waals surface area contributed by atoms with Crippen LogP contribution >= 0.6 is 11.3 Å². The lowest BCUT2D eigenvalue weighted by atomic mass is 10.3. The maximum Gasteiger partial charge on any atom is 0.351 e. The minimum atomic E-state index is 0.0332. The molecule has 0 N–H and O–H groups in total. The van der Waals surface area contributed by atoms with Gasteiger partial charge in [0.15, 0.2) is 11.0 Å². The molecule has 0 saturated carbocycles. The predicted molar refractivity (Wildman–Crippen MR) is 73.8 cm³/mol. The van der Waals surface area contributed by atoms with Crippen molar-refractivity contribution >= 4 is 27.3 Å². The molecule has 0 aliphatic heterocycles. The number of imidazole rings is 1. The number of hydrogen-bond donors (Lipinski definition) is 0. The van der Waals surface area contributed by atoms with Gasteiger partial charge in [0, 0.05) is 5.38 Å². The molecule has 2 aromatic carbocycles. The molecule has 0 aliphatic rings. The van der Waals surface area contributed by atoms with Crippen LogP contribution in [0, 0.1) is 0 Å². The molecule has 2 aromatic heterocycles. The van der Waals surface area contributed by atoms with E-state index in [2.05, 4.69) is 16.7 Å². The van der Waals surface area contributed by atoms with Gasteiger partial charge < -0.3 is 5.11 Å². The van der Waals surface area contributed by atoms with Gasteiger partial charge in [0.25, 0.3) is 0 Å². The fourth-order valence-electron chi connectivity index (χ4n) is 2.45. The normalized spacial score (nSPS) is 11.4. The third-order valence-corrected chi connectivity index (χ3v) is 4.14. The van der Waals surface area contributed by atoms with Crippen LogP contribution in [0.25, 0.3) is 21.7 Å². The molecule has 2 heterocycles. The first-order valence-corrected chi connectivity index (χ1v) is 6.89. The van der Waals surface area contributed by atoms with E-state index in [1.165, 1.54) is 11.3 Å². The minimum absolute atomic E-state index is 0.0332. The Morgan fingerprint density at radius 2 is 1.68 bits per heavy atom. The van der Waals surface area contributed by atoms with Gasteiger partial charge in [-0.15, -0.1) is 0 Å². The molecule has 0 saturated heterocycles. The van der Waals surface area contributed by atoms with Gasteiger partial charge >= 0.3 is 4.96 Å². The summed E-state index contributed by atoms with van der Waals surface area (Å²) in [6.07, 6.45) is 0. The van der Waals surface area contributed by atoms with Gasteiger partial charge in [0.05, 0.1) is 5.88 Å². The second kappa shape index (κ2) is 3.83. The van der Waals surface area contributed by atoms with Gasteiger partial charge in [-0.1, -0.05) is 41.7 Å². The standard InChI is InChI=1S/C15H10N2OS/c18-14-10-19-15-16(11-6-2-1-3-7-11)12-8-4-5-9-13(12)17(14)15/h1-10H. The highest BCUT2D eigenvalue weighted by molar-refractivity contribution is 7.14. The maximum absolute atomic E-state index is 12.0. The Bertz CT molecular complexity index is 877. The van der Waals surface area contributed by atoms with E-state index in [0.29, 0.717) is 0 Å². The highest BCUT2D eigenvalue weighted by Gasteiger charge is 2.21. The Hall–Kier alpha value is -2.33. The van der Waals surface area contributed by atoms with Gasteiger partial charge in [0.2, 0.25) is 0 Å². The lowest BCUT2D eigenvalue weighted by Crippen LogP contribution is -2.22. The monoisotopic (exact) mass is 266 g/mol. The molecule has 4 aromatic rings. The zero-order chi connectivity index (χ0) is 12.8. The average molecular weight is 266 g/mol. The minimum Gasteiger partial charge on any atom is -0.841 e. The number of para-hydroxylation sites is 3. The molecule has 0 amide bonds. The number of fused-ring (bicyclic) bond motifs is 3. The van der Waals surface area contributed by atoms with Crippen molar-refractivity contribution in [3.05, 3.63) is 60.0 Å². The van der Waals surface area contributed by atoms with Crippen LogP contribution in [-0.2, 0) is 0 Å². The van der Waals surface area contributed by atoms with Crippen molar-refractivity contribution in [2.75, 3.05) is 0 Å². The van der Waals surface area contributed by atoms with Crippen LogP contribution in [0.15, 0.2) is 60.0 Å².